The second-order valence-electron chi connectivity index (χ2n) is 6.31. The van der Waals surface area contributed by atoms with Crippen LogP contribution in [0.1, 0.15) is 15.9 Å². The Balaban J connectivity index is 1.67. The Kier molecular flexibility index (Phi) is 4.98. The van der Waals surface area contributed by atoms with Crippen molar-refractivity contribution in [3.05, 3.63) is 59.7 Å². The molecule has 3 rings (SSSR count). The number of carboxylic acid groups (broad SMARTS) is 1. The number of hydrogen-bond acceptors (Lipinski definition) is 5. The van der Waals surface area contributed by atoms with E-state index >= 15 is 0 Å². The van der Waals surface area contributed by atoms with Gasteiger partial charge in [0, 0.05) is 24.0 Å². The van der Waals surface area contributed by atoms with Gasteiger partial charge in [-0.25, -0.2) is 9.59 Å². The number of ether oxygens (including phenoxy) is 1. The van der Waals surface area contributed by atoms with Crippen molar-refractivity contribution >= 4 is 29.3 Å². The molecule has 0 spiro atoms. The highest BCUT2D eigenvalue weighted by Gasteiger charge is 2.33. The average molecular weight is 368 g/mol. The summed E-state index contributed by atoms with van der Waals surface area (Å²) in [5.41, 5.74) is 7.63. The number of nitrogens with two attached hydrogens (primary N) is 1. The molecule has 140 valence electrons. The van der Waals surface area contributed by atoms with E-state index in [1.807, 2.05) is 18.0 Å². The Morgan fingerprint density at radius 3 is 2.63 bits per heavy atom. The van der Waals surface area contributed by atoms with E-state index in [0.717, 1.165) is 5.69 Å². The van der Waals surface area contributed by atoms with Gasteiger partial charge in [0.2, 0.25) is 0 Å². The van der Waals surface area contributed by atoms with Crippen LogP contribution in [0.4, 0.5) is 16.2 Å². The summed E-state index contributed by atoms with van der Waals surface area (Å²) in [6, 6.07) is 13.4. The molecule has 1 atom stereocenters. The van der Waals surface area contributed by atoms with E-state index in [2.05, 4.69) is 0 Å². The zero-order valence-corrected chi connectivity index (χ0v) is 14.8. The van der Waals surface area contributed by atoms with Gasteiger partial charge in [-0.15, -0.1) is 0 Å². The van der Waals surface area contributed by atoms with Crippen LogP contribution in [0.2, 0.25) is 0 Å². The number of nitrogen functional groups attached to an aromatic ring is 1. The molecule has 0 radical (unpaired) electrons. The lowest BCUT2D eigenvalue weighted by atomic mass is 10.1. The molecular formula is C19H20N4O4. The van der Waals surface area contributed by atoms with Crippen molar-refractivity contribution < 1.29 is 19.4 Å². The first-order valence-corrected chi connectivity index (χ1v) is 8.32. The number of anilines is 2. The molecule has 1 amide bonds. The zero-order chi connectivity index (χ0) is 19.6. The molecule has 8 heteroatoms. The van der Waals surface area contributed by atoms with Gasteiger partial charge in [0.15, 0.2) is 0 Å². The van der Waals surface area contributed by atoms with E-state index in [0.29, 0.717) is 24.3 Å². The minimum absolute atomic E-state index is 0.0337. The van der Waals surface area contributed by atoms with Gasteiger partial charge in [-0.05, 0) is 42.5 Å². The van der Waals surface area contributed by atoms with Gasteiger partial charge in [0.25, 0.3) is 0 Å². The summed E-state index contributed by atoms with van der Waals surface area (Å²) >= 11 is 0. The lowest BCUT2D eigenvalue weighted by Crippen LogP contribution is -2.32. The van der Waals surface area contributed by atoms with Crippen LogP contribution in [0.3, 0.4) is 0 Å². The predicted octanol–water partition coefficient (Wildman–Crippen LogP) is 2.13. The third kappa shape index (κ3) is 4.00. The van der Waals surface area contributed by atoms with Crippen molar-refractivity contribution in [3.63, 3.8) is 0 Å². The maximum Gasteiger partial charge on any atom is 0.414 e. The largest absolute Gasteiger partial charge is 0.478 e. The zero-order valence-electron chi connectivity index (χ0n) is 14.8. The summed E-state index contributed by atoms with van der Waals surface area (Å²) in [6.07, 6.45) is -0.799. The fraction of sp³-hybridized carbons (Fsp3) is 0.211. The molecule has 0 bridgehead atoms. The van der Waals surface area contributed by atoms with Gasteiger partial charge in [-0.3, -0.25) is 10.3 Å². The monoisotopic (exact) mass is 368 g/mol. The lowest BCUT2D eigenvalue weighted by Gasteiger charge is -2.22. The number of cyclic esters (lactones) is 1. The second-order valence-corrected chi connectivity index (χ2v) is 6.31. The molecule has 2 aromatic rings. The first-order valence-electron chi connectivity index (χ1n) is 8.32. The fourth-order valence-electron chi connectivity index (χ4n) is 2.94. The summed E-state index contributed by atoms with van der Waals surface area (Å²) in [4.78, 5) is 26.7. The minimum Gasteiger partial charge on any atom is -0.478 e. The van der Waals surface area contributed by atoms with E-state index in [4.69, 9.17) is 21.0 Å². The number of rotatable bonds is 6. The van der Waals surface area contributed by atoms with Crippen LogP contribution in [0.5, 0.6) is 0 Å². The number of carbonyl (C=O) groups is 2. The number of carbonyl (C=O) groups excluding carboxylic acids is 1. The molecule has 1 saturated heterocycles. The molecule has 2 aromatic carbocycles. The predicted molar refractivity (Wildman–Crippen MR) is 102 cm³/mol. The molecule has 1 unspecified atom stereocenters. The normalized spacial score (nSPS) is 16.1. The molecular weight excluding hydrogens is 348 g/mol. The maximum absolute atomic E-state index is 12.2. The van der Waals surface area contributed by atoms with E-state index in [-0.39, 0.29) is 17.5 Å². The first kappa shape index (κ1) is 18.2. The standard InChI is InChI=1S/C19H20N4O4/c1-22(15-4-2-3-13(9-15)18(24)25)10-16-11-23(19(26)27-16)14-7-5-12(6-8-14)17(20)21/h2-9,16H,10-11H2,1H3,(H3,20,21)(H,24,25). The molecule has 1 heterocycles. The Labute approximate surface area is 156 Å². The molecule has 8 nitrogen and oxygen atoms in total. The summed E-state index contributed by atoms with van der Waals surface area (Å²) in [5, 5.41) is 16.5. The smallest absolute Gasteiger partial charge is 0.414 e. The number of nitrogens with one attached hydrogen (secondary N) is 1. The SMILES string of the molecule is CN(CC1CN(c2ccc(C(=N)N)cc2)C(=O)O1)c1cccc(C(=O)O)c1. The van der Waals surface area contributed by atoms with E-state index in [1.165, 1.54) is 11.0 Å². The maximum atomic E-state index is 12.2. The van der Waals surface area contributed by atoms with Crippen molar-refractivity contribution in [2.75, 3.05) is 29.9 Å². The Bertz CT molecular complexity index is 882. The Morgan fingerprint density at radius 2 is 2.00 bits per heavy atom. The van der Waals surface area contributed by atoms with Crippen LogP contribution in [0.25, 0.3) is 0 Å². The van der Waals surface area contributed by atoms with Crippen molar-refractivity contribution in [1.29, 1.82) is 5.41 Å². The second kappa shape index (κ2) is 7.36. The number of amidine groups is 1. The third-order valence-electron chi connectivity index (χ3n) is 4.38. The van der Waals surface area contributed by atoms with Crippen LogP contribution in [-0.2, 0) is 4.74 Å². The third-order valence-corrected chi connectivity index (χ3v) is 4.38. The van der Waals surface area contributed by atoms with Crippen LogP contribution in [-0.4, -0.2) is 49.2 Å². The van der Waals surface area contributed by atoms with Gasteiger partial charge in [-0.1, -0.05) is 6.07 Å². The number of benzene rings is 2. The summed E-state index contributed by atoms with van der Waals surface area (Å²) in [6.45, 7) is 0.804. The van der Waals surface area contributed by atoms with E-state index in [9.17, 15) is 9.59 Å². The Hall–Kier alpha value is -3.55. The highest BCUT2D eigenvalue weighted by atomic mass is 16.6. The summed E-state index contributed by atoms with van der Waals surface area (Å²) in [7, 11) is 1.82. The molecule has 27 heavy (non-hydrogen) atoms. The van der Waals surface area contributed by atoms with Gasteiger partial charge in [0.1, 0.15) is 11.9 Å². The number of aromatic carboxylic acids is 1. The quantitative estimate of drug-likeness (QED) is 0.531. The number of nitrogens with zero attached hydrogens (tertiary/aromatic N) is 2. The van der Waals surface area contributed by atoms with Gasteiger partial charge in [-0.2, -0.15) is 0 Å². The molecule has 0 aromatic heterocycles. The van der Waals surface area contributed by atoms with Gasteiger partial charge in [0.05, 0.1) is 18.7 Å². The van der Waals surface area contributed by atoms with Gasteiger partial charge < -0.3 is 20.5 Å². The van der Waals surface area contributed by atoms with Crippen molar-refractivity contribution in [2.24, 2.45) is 5.73 Å². The summed E-state index contributed by atoms with van der Waals surface area (Å²) in [5.74, 6) is -1.02. The van der Waals surface area contributed by atoms with Gasteiger partial charge >= 0.3 is 12.1 Å². The minimum atomic E-state index is -0.988. The topological polar surface area (TPSA) is 120 Å². The van der Waals surface area contributed by atoms with Crippen LogP contribution < -0.4 is 15.5 Å². The molecule has 0 saturated carbocycles. The first-order chi connectivity index (χ1) is 12.8. The highest BCUT2D eigenvalue weighted by molar-refractivity contribution is 5.96. The molecule has 0 aliphatic carbocycles. The molecule has 1 aliphatic heterocycles. The lowest BCUT2D eigenvalue weighted by molar-refractivity contribution is 0.0697. The molecule has 4 N–H and O–H groups in total. The van der Waals surface area contributed by atoms with E-state index in [1.54, 1.807) is 36.4 Å². The van der Waals surface area contributed by atoms with Crippen LogP contribution in [0, 0.1) is 5.41 Å². The Morgan fingerprint density at radius 1 is 1.30 bits per heavy atom. The van der Waals surface area contributed by atoms with Crippen molar-refractivity contribution in [2.45, 2.75) is 6.10 Å². The summed E-state index contributed by atoms with van der Waals surface area (Å²) < 4.78 is 5.44. The van der Waals surface area contributed by atoms with E-state index < -0.39 is 12.1 Å². The number of likely N-dealkylation sites (N-methyl/N-ethyl adjacent to an activating group) is 1. The molecule has 1 fully saturated rings. The van der Waals surface area contributed by atoms with Crippen LogP contribution >= 0.6 is 0 Å². The average Bonchev–Trinajstić information content (AvgIpc) is 3.02. The number of amides is 1. The molecule has 1 aliphatic rings. The number of carboxylic acids is 1. The fourth-order valence-corrected chi connectivity index (χ4v) is 2.94. The van der Waals surface area contributed by atoms with Crippen molar-refractivity contribution in [3.8, 4) is 0 Å². The van der Waals surface area contributed by atoms with Crippen molar-refractivity contribution in [1.82, 2.24) is 0 Å². The highest BCUT2D eigenvalue weighted by Crippen LogP contribution is 2.24. The van der Waals surface area contributed by atoms with Crippen LogP contribution in [0.15, 0.2) is 48.5 Å². The number of hydrogen-bond donors (Lipinski definition) is 3.